The van der Waals surface area contributed by atoms with Crippen LogP contribution in [-0.4, -0.2) is 20.6 Å². The van der Waals surface area contributed by atoms with Crippen LogP contribution in [0.1, 0.15) is 0 Å². The first-order chi connectivity index (χ1) is 14.4. The summed E-state index contributed by atoms with van der Waals surface area (Å²) in [5.74, 6) is 2.51. The molecule has 3 aliphatic rings. The van der Waals surface area contributed by atoms with Crippen molar-refractivity contribution in [1.82, 2.24) is 0 Å². The molecule has 0 spiro atoms. The molecule has 0 unspecified atom stereocenters. The zero-order chi connectivity index (χ0) is 19.3. The van der Waals surface area contributed by atoms with Gasteiger partial charge in [-0.05, 0) is 0 Å². The summed E-state index contributed by atoms with van der Waals surface area (Å²) in [4.78, 5) is 0. The van der Waals surface area contributed by atoms with E-state index < -0.39 is 20.6 Å². The fourth-order valence-electron chi connectivity index (χ4n) is 4.61. The Morgan fingerprint density at radius 1 is 0.448 bits per heavy atom. The van der Waals surface area contributed by atoms with Crippen molar-refractivity contribution in [3.05, 3.63) is 103 Å². The molecule has 0 fully saturated rings. The second-order valence-electron chi connectivity index (χ2n) is 7.25. The molecule has 5 heteroatoms. The quantitative estimate of drug-likeness (QED) is 0.428. The van der Waals surface area contributed by atoms with Gasteiger partial charge in [-0.15, -0.1) is 0 Å². The van der Waals surface area contributed by atoms with E-state index in [0.29, 0.717) is 0 Å². The van der Waals surface area contributed by atoms with E-state index in [2.05, 4.69) is 66.7 Å². The summed E-state index contributed by atoms with van der Waals surface area (Å²) < 4.78 is 23.9. The third-order valence-electron chi connectivity index (χ3n) is 5.75. The fourth-order valence-corrected chi connectivity index (χ4v) is 15.2. The van der Waals surface area contributed by atoms with E-state index in [9.17, 15) is 0 Å². The molecule has 0 atom stereocenters. The molecule has 0 aromatic heterocycles. The van der Waals surface area contributed by atoms with E-state index in [1.54, 1.807) is 0 Å². The van der Waals surface area contributed by atoms with Crippen molar-refractivity contribution < 1.29 is 14.0 Å². The minimum atomic E-state index is -3.47. The number of hydrogen-bond acceptors (Lipinski definition) is 3. The van der Waals surface area contributed by atoms with Gasteiger partial charge in [0.2, 0.25) is 0 Å². The molecule has 3 aliphatic heterocycles. The molecule has 4 aromatic rings. The summed E-state index contributed by atoms with van der Waals surface area (Å²) in [6.07, 6.45) is 0. The van der Waals surface area contributed by atoms with Crippen LogP contribution >= 0.6 is 0 Å². The van der Waals surface area contributed by atoms with Gasteiger partial charge in [-0.2, -0.15) is 0 Å². The van der Waals surface area contributed by atoms with Gasteiger partial charge in [0.25, 0.3) is 0 Å². The summed E-state index contributed by atoms with van der Waals surface area (Å²) in [6.45, 7) is 0. The summed E-state index contributed by atoms with van der Waals surface area (Å²) in [6, 6.07) is 35.9. The number of hydrogen-bond donors (Lipinski definition) is 0. The van der Waals surface area contributed by atoms with Crippen molar-refractivity contribution in [1.29, 1.82) is 0 Å². The molecule has 0 N–H and O–H groups in total. The van der Waals surface area contributed by atoms with Crippen molar-refractivity contribution in [3.8, 4) is 17.2 Å². The van der Waals surface area contributed by atoms with E-state index in [1.807, 2.05) is 36.4 Å². The molecule has 0 saturated carbocycles. The standard InChI is InChI=1S/C24H17BGeO3/c1-2-10-18(11-3-1)26-19-12-4-7-15-22(19)27-25(28-23-16-8-5-13-20(23)26)29-24-17-9-6-14-21(24)26/h1-17H. The van der Waals surface area contributed by atoms with Gasteiger partial charge in [0.1, 0.15) is 0 Å². The Labute approximate surface area is 172 Å². The Kier molecular flexibility index (Phi) is 3.74. The van der Waals surface area contributed by atoms with Crippen molar-refractivity contribution in [2.75, 3.05) is 0 Å². The average Bonchev–Trinajstić information content (AvgIpc) is 2.75. The van der Waals surface area contributed by atoms with Crippen LogP contribution in [0, 0.1) is 0 Å². The first-order valence-corrected chi connectivity index (χ1v) is 13.9. The number of para-hydroxylation sites is 3. The summed E-state index contributed by atoms with van der Waals surface area (Å²) in [5, 5.41) is 0. The van der Waals surface area contributed by atoms with E-state index in [4.69, 9.17) is 14.0 Å². The molecular formula is C24H17BGeO3. The maximum atomic E-state index is 6.27. The first-order valence-electron chi connectivity index (χ1n) is 9.71. The van der Waals surface area contributed by atoms with Gasteiger partial charge in [0.15, 0.2) is 0 Å². The van der Waals surface area contributed by atoms with Crippen LogP contribution in [0.4, 0.5) is 0 Å². The van der Waals surface area contributed by atoms with Crippen molar-refractivity contribution in [3.63, 3.8) is 0 Å². The Morgan fingerprint density at radius 3 is 1.28 bits per heavy atom. The summed E-state index contributed by atoms with van der Waals surface area (Å²) >= 11 is -3.47. The van der Waals surface area contributed by atoms with Gasteiger partial charge in [-0.1, -0.05) is 0 Å². The van der Waals surface area contributed by atoms with Crippen LogP contribution in [0.5, 0.6) is 17.2 Å². The monoisotopic (exact) mass is 438 g/mol. The molecule has 2 bridgehead atoms. The minimum absolute atomic E-state index is 0.838. The van der Waals surface area contributed by atoms with Crippen LogP contribution in [-0.2, 0) is 0 Å². The molecule has 4 aromatic carbocycles. The molecule has 7 rings (SSSR count). The van der Waals surface area contributed by atoms with Gasteiger partial charge in [0.05, 0.1) is 0 Å². The Bertz CT molecular complexity index is 1090. The second kappa shape index (κ2) is 6.46. The van der Waals surface area contributed by atoms with Gasteiger partial charge in [-0.25, -0.2) is 0 Å². The Morgan fingerprint density at radius 2 is 0.828 bits per heavy atom. The molecule has 0 aliphatic carbocycles. The van der Waals surface area contributed by atoms with E-state index in [1.165, 1.54) is 17.6 Å². The molecule has 29 heavy (non-hydrogen) atoms. The van der Waals surface area contributed by atoms with Crippen molar-refractivity contribution >= 4 is 38.2 Å². The summed E-state index contributed by atoms with van der Waals surface area (Å²) in [5.41, 5.74) is 0. The van der Waals surface area contributed by atoms with Crippen LogP contribution < -0.4 is 31.5 Å². The van der Waals surface area contributed by atoms with Crippen LogP contribution in [0.2, 0.25) is 0 Å². The third-order valence-corrected chi connectivity index (χ3v) is 16.0. The zero-order valence-corrected chi connectivity index (χ0v) is 17.7. The van der Waals surface area contributed by atoms with E-state index in [-0.39, 0.29) is 0 Å². The van der Waals surface area contributed by atoms with Crippen LogP contribution in [0.3, 0.4) is 0 Å². The molecule has 0 radical (unpaired) electrons. The van der Waals surface area contributed by atoms with Crippen LogP contribution in [0.25, 0.3) is 0 Å². The van der Waals surface area contributed by atoms with Gasteiger partial charge < -0.3 is 0 Å². The number of rotatable bonds is 1. The molecule has 0 amide bonds. The van der Waals surface area contributed by atoms with E-state index >= 15 is 0 Å². The molecule has 3 heterocycles. The fraction of sp³-hybridized carbons (Fsp3) is 0. The van der Waals surface area contributed by atoms with Gasteiger partial charge in [-0.3, -0.25) is 0 Å². The van der Waals surface area contributed by atoms with Crippen molar-refractivity contribution in [2.24, 2.45) is 0 Å². The molecule has 0 saturated heterocycles. The van der Waals surface area contributed by atoms with Gasteiger partial charge >= 0.3 is 173 Å². The maximum absolute atomic E-state index is 6.27. The number of benzene rings is 4. The second-order valence-corrected chi connectivity index (χ2v) is 15.0. The predicted molar refractivity (Wildman–Crippen MR) is 118 cm³/mol. The SMILES string of the molecule is c1cc[c]([Ge]23[c]4ccccc4OB(Oc4cccc[c]42)Oc2cccc[c]23)cc1. The van der Waals surface area contributed by atoms with Crippen molar-refractivity contribution in [2.45, 2.75) is 0 Å². The predicted octanol–water partition coefficient (Wildman–Crippen LogP) is 2.21. The summed E-state index contributed by atoms with van der Waals surface area (Å²) in [7, 11) is -0.838. The first kappa shape index (κ1) is 16.8. The van der Waals surface area contributed by atoms with Crippen LogP contribution in [0.15, 0.2) is 103 Å². The normalized spacial score (nSPS) is 15.2. The molecule has 138 valence electrons. The Hall–Kier alpha value is -3.11. The topological polar surface area (TPSA) is 27.7 Å². The third kappa shape index (κ3) is 2.39. The molecule has 3 nitrogen and oxygen atoms in total. The zero-order valence-electron chi connectivity index (χ0n) is 15.6. The van der Waals surface area contributed by atoms with Gasteiger partial charge in [0, 0.05) is 0 Å². The van der Waals surface area contributed by atoms with E-state index in [0.717, 1.165) is 17.2 Å². The molecular weight excluding hydrogens is 420 g/mol. The average molecular weight is 437 g/mol. The Balaban J connectivity index is 1.87.